The number of ether oxygens (including phenoxy) is 1. The fourth-order valence-corrected chi connectivity index (χ4v) is 3.34. The zero-order chi connectivity index (χ0) is 21.1. The molecule has 0 radical (unpaired) electrons. The molecule has 2 aromatic carbocycles. The van der Waals surface area contributed by atoms with Gasteiger partial charge in [-0.2, -0.15) is 0 Å². The molecule has 1 atom stereocenters. The number of nitrogens with zero attached hydrogens (tertiary/aromatic N) is 1. The lowest BCUT2D eigenvalue weighted by atomic mass is 10.2. The molecule has 0 bridgehead atoms. The Morgan fingerprint density at radius 2 is 1.68 bits per heavy atom. The number of sulfonamides is 1. The summed E-state index contributed by atoms with van der Waals surface area (Å²) in [5.74, 6) is -1.48. The quantitative estimate of drug-likeness (QED) is 0.688. The Kier molecular flexibility index (Phi) is 7.06. The fourth-order valence-electron chi connectivity index (χ4n) is 2.09. The first-order valence-corrected chi connectivity index (χ1v) is 10.2. The Hall–Kier alpha value is -2.13. The van der Waals surface area contributed by atoms with Crippen molar-refractivity contribution < 1.29 is 22.7 Å². The van der Waals surface area contributed by atoms with Gasteiger partial charge in [-0.3, -0.25) is 4.79 Å². The molecule has 150 valence electrons. The van der Waals surface area contributed by atoms with Crippen molar-refractivity contribution in [3.8, 4) is 0 Å². The van der Waals surface area contributed by atoms with E-state index in [1.54, 1.807) is 24.3 Å². The van der Waals surface area contributed by atoms with Gasteiger partial charge in [0.25, 0.3) is 5.91 Å². The number of rotatable bonds is 6. The Bertz CT molecular complexity index is 992. The van der Waals surface area contributed by atoms with Crippen LogP contribution in [0.4, 0.5) is 5.69 Å². The first-order chi connectivity index (χ1) is 13.0. The van der Waals surface area contributed by atoms with E-state index in [-0.39, 0.29) is 15.5 Å². The lowest BCUT2D eigenvalue weighted by Gasteiger charge is -2.15. The second-order valence-corrected chi connectivity index (χ2v) is 8.97. The summed E-state index contributed by atoms with van der Waals surface area (Å²) in [5.41, 5.74) is 0.324. The summed E-state index contributed by atoms with van der Waals surface area (Å²) in [6, 6.07) is 10.1. The van der Waals surface area contributed by atoms with E-state index in [2.05, 4.69) is 5.32 Å². The SMILES string of the molecule is C[C@@H](OC(=O)c1cc(S(=O)(=O)N(C)C)ccc1Cl)C(=O)Nc1ccc(Cl)cc1. The van der Waals surface area contributed by atoms with Crippen LogP contribution in [0.15, 0.2) is 47.4 Å². The van der Waals surface area contributed by atoms with E-state index in [1.807, 2.05) is 0 Å². The molecule has 1 N–H and O–H groups in total. The summed E-state index contributed by atoms with van der Waals surface area (Å²) in [6.45, 7) is 1.39. The molecule has 0 saturated heterocycles. The average Bonchev–Trinajstić information content (AvgIpc) is 2.63. The topological polar surface area (TPSA) is 92.8 Å². The Balaban J connectivity index is 2.15. The van der Waals surface area contributed by atoms with Crippen molar-refractivity contribution in [2.75, 3.05) is 19.4 Å². The third-order valence-corrected chi connectivity index (χ3v) is 6.09. The van der Waals surface area contributed by atoms with Crippen LogP contribution < -0.4 is 5.32 Å². The zero-order valence-corrected chi connectivity index (χ0v) is 17.6. The predicted octanol–water partition coefficient (Wildman–Crippen LogP) is 3.43. The first kappa shape index (κ1) is 22.2. The van der Waals surface area contributed by atoms with Crippen LogP contribution in [0.3, 0.4) is 0 Å². The van der Waals surface area contributed by atoms with Crippen LogP contribution in [0.5, 0.6) is 0 Å². The van der Waals surface area contributed by atoms with Crippen molar-refractivity contribution in [1.82, 2.24) is 4.31 Å². The van der Waals surface area contributed by atoms with Gasteiger partial charge in [0.1, 0.15) is 0 Å². The van der Waals surface area contributed by atoms with Crippen molar-refractivity contribution in [1.29, 1.82) is 0 Å². The molecule has 7 nitrogen and oxygen atoms in total. The number of hydrogen-bond donors (Lipinski definition) is 1. The van der Waals surface area contributed by atoms with Crippen LogP contribution in [-0.2, 0) is 19.6 Å². The lowest BCUT2D eigenvalue weighted by Crippen LogP contribution is -2.30. The molecule has 0 heterocycles. The van der Waals surface area contributed by atoms with E-state index in [4.69, 9.17) is 27.9 Å². The van der Waals surface area contributed by atoms with E-state index in [0.717, 1.165) is 10.4 Å². The van der Waals surface area contributed by atoms with Crippen molar-refractivity contribution >= 4 is 50.8 Å². The zero-order valence-electron chi connectivity index (χ0n) is 15.3. The molecule has 0 aromatic heterocycles. The summed E-state index contributed by atoms with van der Waals surface area (Å²) in [5, 5.41) is 3.10. The van der Waals surface area contributed by atoms with Crippen LogP contribution in [0.25, 0.3) is 0 Å². The number of esters is 1. The fraction of sp³-hybridized carbons (Fsp3) is 0.222. The van der Waals surface area contributed by atoms with Gasteiger partial charge in [0.2, 0.25) is 10.0 Å². The first-order valence-electron chi connectivity index (χ1n) is 8.02. The molecule has 0 spiro atoms. The summed E-state index contributed by atoms with van der Waals surface area (Å²) in [4.78, 5) is 24.5. The molecule has 0 aliphatic rings. The average molecular weight is 445 g/mol. The van der Waals surface area contributed by atoms with Gasteiger partial charge in [-0.25, -0.2) is 17.5 Å². The number of carbonyl (C=O) groups excluding carboxylic acids is 2. The lowest BCUT2D eigenvalue weighted by molar-refractivity contribution is -0.123. The summed E-state index contributed by atoms with van der Waals surface area (Å²) < 4.78 is 30.6. The van der Waals surface area contributed by atoms with E-state index < -0.39 is 28.0 Å². The molecule has 10 heteroatoms. The maximum atomic E-state index is 12.4. The standard InChI is InChI=1S/C18H18Cl2N2O5S/c1-11(17(23)21-13-6-4-12(19)5-7-13)27-18(24)15-10-14(8-9-16(15)20)28(25,26)22(2)3/h4-11H,1-3H3,(H,21,23)/t11-/m1/s1. The number of halogens is 2. The maximum absolute atomic E-state index is 12.4. The Morgan fingerprint density at radius 1 is 1.07 bits per heavy atom. The number of benzene rings is 2. The largest absolute Gasteiger partial charge is 0.449 e. The van der Waals surface area contributed by atoms with Gasteiger partial charge < -0.3 is 10.1 Å². The molecule has 0 aliphatic carbocycles. The van der Waals surface area contributed by atoms with Crippen molar-refractivity contribution in [3.05, 3.63) is 58.1 Å². The van der Waals surface area contributed by atoms with Gasteiger partial charge in [0, 0.05) is 24.8 Å². The highest BCUT2D eigenvalue weighted by atomic mass is 35.5. The predicted molar refractivity (Wildman–Crippen MR) is 107 cm³/mol. The number of nitrogens with one attached hydrogen (secondary N) is 1. The second kappa shape index (κ2) is 8.91. The molecule has 0 aliphatic heterocycles. The number of hydrogen-bond acceptors (Lipinski definition) is 5. The smallest absolute Gasteiger partial charge is 0.340 e. The third kappa shape index (κ3) is 5.23. The van der Waals surface area contributed by atoms with Crippen LogP contribution in [0.1, 0.15) is 17.3 Å². The second-order valence-electron chi connectivity index (χ2n) is 5.97. The number of anilines is 1. The highest BCUT2D eigenvalue weighted by Crippen LogP contribution is 2.23. The molecule has 0 unspecified atom stereocenters. The van der Waals surface area contributed by atoms with Gasteiger partial charge in [-0.05, 0) is 49.4 Å². The summed E-state index contributed by atoms with van der Waals surface area (Å²) in [7, 11) is -1.03. The highest BCUT2D eigenvalue weighted by Gasteiger charge is 2.24. The minimum atomic E-state index is -3.76. The number of carbonyl (C=O) groups is 2. The molecule has 2 rings (SSSR count). The molecular formula is C18H18Cl2N2O5S. The minimum absolute atomic E-state index is 0.00742. The summed E-state index contributed by atoms with van der Waals surface area (Å²) >= 11 is 11.8. The minimum Gasteiger partial charge on any atom is -0.449 e. The van der Waals surface area contributed by atoms with Crippen molar-refractivity contribution in [2.45, 2.75) is 17.9 Å². The van der Waals surface area contributed by atoms with E-state index >= 15 is 0 Å². The molecular weight excluding hydrogens is 427 g/mol. The molecule has 1 amide bonds. The van der Waals surface area contributed by atoms with Gasteiger partial charge in [-0.15, -0.1) is 0 Å². The van der Waals surface area contributed by atoms with Crippen LogP contribution in [-0.4, -0.2) is 44.8 Å². The molecule has 0 fully saturated rings. The highest BCUT2D eigenvalue weighted by molar-refractivity contribution is 7.89. The van der Waals surface area contributed by atoms with Crippen LogP contribution >= 0.6 is 23.2 Å². The van der Waals surface area contributed by atoms with Gasteiger partial charge in [0.15, 0.2) is 6.10 Å². The number of amides is 1. The van der Waals surface area contributed by atoms with E-state index in [1.165, 1.54) is 33.2 Å². The van der Waals surface area contributed by atoms with Crippen molar-refractivity contribution in [3.63, 3.8) is 0 Å². The van der Waals surface area contributed by atoms with Gasteiger partial charge in [0.05, 0.1) is 15.5 Å². The van der Waals surface area contributed by atoms with E-state index in [0.29, 0.717) is 10.7 Å². The maximum Gasteiger partial charge on any atom is 0.340 e. The monoisotopic (exact) mass is 444 g/mol. The molecule has 28 heavy (non-hydrogen) atoms. The summed E-state index contributed by atoms with van der Waals surface area (Å²) in [6.07, 6.45) is -1.15. The normalized spacial score (nSPS) is 12.5. The van der Waals surface area contributed by atoms with Crippen LogP contribution in [0, 0.1) is 0 Å². The Labute approximate surface area is 173 Å². The van der Waals surface area contributed by atoms with Crippen LogP contribution in [0.2, 0.25) is 10.0 Å². The Morgan fingerprint density at radius 3 is 2.25 bits per heavy atom. The molecule has 2 aromatic rings. The third-order valence-electron chi connectivity index (χ3n) is 3.70. The molecule has 0 saturated carbocycles. The van der Waals surface area contributed by atoms with Gasteiger partial charge >= 0.3 is 5.97 Å². The van der Waals surface area contributed by atoms with Gasteiger partial charge in [-0.1, -0.05) is 23.2 Å². The van der Waals surface area contributed by atoms with Crippen molar-refractivity contribution in [2.24, 2.45) is 0 Å². The van der Waals surface area contributed by atoms with E-state index in [9.17, 15) is 18.0 Å².